The van der Waals surface area contributed by atoms with Gasteiger partial charge in [-0.05, 0) is 36.4 Å². The maximum absolute atomic E-state index is 13.1. The predicted octanol–water partition coefficient (Wildman–Crippen LogP) is 2.68. The van der Waals surface area contributed by atoms with Crippen molar-refractivity contribution in [2.45, 2.75) is 0 Å². The number of nitriles is 1. The summed E-state index contributed by atoms with van der Waals surface area (Å²) in [6.07, 6.45) is 0. The number of hydrogen-bond donors (Lipinski definition) is 1. The molecule has 0 fully saturated rings. The van der Waals surface area contributed by atoms with Crippen molar-refractivity contribution < 1.29 is 18.7 Å². The van der Waals surface area contributed by atoms with Crippen molar-refractivity contribution in [2.75, 3.05) is 12.1 Å². The van der Waals surface area contributed by atoms with Crippen molar-refractivity contribution in [1.82, 2.24) is 0 Å². The minimum atomic E-state index is -0.535. The van der Waals surface area contributed by atoms with E-state index in [1.807, 2.05) is 6.07 Å². The Balaban J connectivity index is 1.85. The molecule has 5 nitrogen and oxygen atoms in total. The number of halogens is 1. The Morgan fingerprint density at radius 2 is 2.00 bits per heavy atom. The van der Waals surface area contributed by atoms with E-state index in [1.165, 1.54) is 12.1 Å². The number of benzene rings is 2. The normalized spacial score (nSPS) is 11.8. The third-order valence-corrected chi connectivity index (χ3v) is 2.99. The number of rotatable bonds is 2. The Morgan fingerprint density at radius 1 is 1.19 bits per heavy atom. The van der Waals surface area contributed by atoms with E-state index in [-0.39, 0.29) is 18.0 Å². The van der Waals surface area contributed by atoms with Gasteiger partial charge in [0.1, 0.15) is 11.9 Å². The molecule has 6 heteroatoms. The van der Waals surface area contributed by atoms with E-state index < -0.39 is 11.7 Å². The molecular weight excluding hydrogens is 275 g/mol. The first-order chi connectivity index (χ1) is 10.2. The largest absolute Gasteiger partial charge is 0.454 e. The Kier molecular flexibility index (Phi) is 3.16. The molecule has 0 radical (unpaired) electrons. The molecule has 2 aromatic rings. The van der Waals surface area contributed by atoms with Crippen molar-refractivity contribution in [2.24, 2.45) is 0 Å². The fraction of sp³-hybridized carbons (Fsp3) is 0.0667. The van der Waals surface area contributed by atoms with Crippen LogP contribution < -0.4 is 14.8 Å². The second kappa shape index (κ2) is 5.13. The van der Waals surface area contributed by atoms with Gasteiger partial charge in [-0.15, -0.1) is 0 Å². The van der Waals surface area contributed by atoms with Crippen LogP contribution in [0.4, 0.5) is 10.1 Å². The van der Waals surface area contributed by atoms with Gasteiger partial charge in [0.15, 0.2) is 11.5 Å². The van der Waals surface area contributed by atoms with Gasteiger partial charge in [0.25, 0.3) is 5.91 Å². The number of nitrogens with zero attached hydrogens (tertiary/aromatic N) is 1. The molecule has 0 unspecified atom stereocenters. The number of carbonyl (C=O) groups excluding carboxylic acids is 1. The SMILES string of the molecule is N#Cc1cc(F)ccc1NC(=O)c1ccc2c(c1)OCO2. The zero-order chi connectivity index (χ0) is 14.8. The zero-order valence-corrected chi connectivity index (χ0v) is 10.7. The molecule has 1 amide bonds. The highest BCUT2D eigenvalue weighted by molar-refractivity contribution is 6.05. The van der Waals surface area contributed by atoms with Crippen molar-refractivity contribution >= 4 is 11.6 Å². The van der Waals surface area contributed by atoms with Crippen molar-refractivity contribution in [1.29, 1.82) is 5.26 Å². The Labute approximate surface area is 119 Å². The summed E-state index contributed by atoms with van der Waals surface area (Å²) >= 11 is 0. The molecule has 0 spiro atoms. The summed E-state index contributed by atoms with van der Waals surface area (Å²) in [5.41, 5.74) is 0.665. The van der Waals surface area contributed by atoms with Crippen LogP contribution >= 0.6 is 0 Å². The maximum Gasteiger partial charge on any atom is 0.255 e. The standard InChI is InChI=1S/C15H9FN2O3/c16-11-2-3-12(10(5-11)7-17)18-15(19)9-1-4-13-14(6-9)21-8-20-13/h1-6H,8H2,(H,18,19). The Hall–Kier alpha value is -3.07. The van der Waals surface area contributed by atoms with Gasteiger partial charge in [0.05, 0.1) is 11.3 Å². The average Bonchev–Trinajstić information content (AvgIpc) is 2.96. The summed E-state index contributed by atoms with van der Waals surface area (Å²) in [6, 6.07) is 10.2. The molecule has 1 N–H and O–H groups in total. The fourth-order valence-corrected chi connectivity index (χ4v) is 1.95. The molecule has 0 atom stereocenters. The number of carbonyl (C=O) groups is 1. The minimum absolute atomic E-state index is 0.0593. The molecule has 0 aliphatic carbocycles. The molecule has 1 aliphatic rings. The van der Waals surface area contributed by atoms with Crippen molar-refractivity contribution in [3.05, 3.63) is 53.3 Å². The maximum atomic E-state index is 13.1. The van der Waals surface area contributed by atoms with Gasteiger partial charge in [-0.25, -0.2) is 4.39 Å². The van der Waals surface area contributed by atoms with E-state index in [2.05, 4.69) is 5.32 Å². The van der Waals surface area contributed by atoms with Crippen molar-refractivity contribution in [3.63, 3.8) is 0 Å². The number of nitrogens with one attached hydrogen (secondary N) is 1. The van der Waals surface area contributed by atoms with Crippen LogP contribution in [-0.2, 0) is 0 Å². The average molecular weight is 284 g/mol. The highest BCUT2D eigenvalue weighted by Crippen LogP contribution is 2.32. The number of amides is 1. The van der Waals surface area contributed by atoms with Gasteiger partial charge in [-0.1, -0.05) is 0 Å². The molecule has 21 heavy (non-hydrogen) atoms. The fourth-order valence-electron chi connectivity index (χ4n) is 1.95. The smallest absolute Gasteiger partial charge is 0.255 e. The number of hydrogen-bond acceptors (Lipinski definition) is 4. The van der Waals surface area contributed by atoms with Crippen LogP contribution in [0.25, 0.3) is 0 Å². The van der Waals surface area contributed by atoms with Crippen LogP contribution in [0.1, 0.15) is 15.9 Å². The first-order valence-electron chi connectivity index (χ1n) is 6.08. The minimum Gasteiger partial charge on any atom is -0.454 e. The van der Waals surface area contributed by atoms with Gasteiger partial charge in [0.2, 0.25) is 6.79 Å². The monoisotopic (exact) mass is 284 g/mol. The summed E-state index contributed by atoms with van der Waals surface area (Å²) in [6.45, 7) is 0.122. The van der Waals surface area contributed by atoms with Crippen LogP contribution in [0.15, 0.2) is 36.4 Å². The molecule has 1 heterocycles. The van der Waals surface area contributed by atoms with Gasteiger partial charge in [-0.2, -0.15) is 5.26 Å². The molecule has 104 valence electrons. The van der Waals surface area contributed by atoms with Crippen LogP contribution in [0.5, 0.6) is 11.5 Å². The zero-order valence-electron chi connectivity index (χ0n) is 10.7. The third-order valence-electron chi connectivity index (χ3n) is 2.99. The van der Waals surface area contributed by atoms with Crippen LogP contribution in [0.2, 0.25) is 0 Å². The van der Waals surface area contributed by atoms with E-state index in [0.29, 0.717) is 17.1 Å². The summed E-state index contributed by atoms with van der Waals surface area (Å²) in [5.74, 6) is 0.109. The van der Waals surface area contributed by atoms with Gasteiger partial charge >= 0.3 is 0 Å². The first kappa shape index (κ1) is 12.9. The van der Waals surface area contributed by atoms with Crippen LogP contribution in [0.3, 0.4) is 0 Å². The molecule has 1 aliphatic heterocycles. The van der Waals surface area contributed by atoms with E-state index in [0.717, 1.165) is 6.07 Å². The third kappa shape index (κ3) is 2.49. The van der Waals surface area contributed by atoms with Crippen LogP contribution in [-0.4, -0.2) is 12.7 Å². The molecular formula is C15H9FN2O3. The molecule has 0 bridgehead atoms. The van der Waals surface area contributed by atoms with Crippen LogP contribution in [0, 0.1) is 17.1 Å². The summed E-state index contributed by atoms with van der Waals surface area (Å²) in [4.78, 5) is 12.2. The lowest BCUT2D eigenvalue weighted by Gasteiger charge is -2.07. The highest BCUT2D eigenvalue weighted by atomic mass is 19.1. The van der Waals surface area contributed by atoms with E-state index in [4.69, 9.17) is 14.7 Å². The lowest BCUT2D eigenvalue weighted by molar-refractivity contribution is 0.102. The summed E-state index contributed by atoms with van der Waals surface area (Å²) in [5, 5.41) is 11.5. The topological polar surface area (TPSA) is 71.4 Å². The van der Waals surface area contributed by atoms with Gasteiger partial charge in [-0.3, -0.25) is 4.79 Å². The Bertz CT molecular complexity index is 768. The quantitative estimate of drug-likeness (QED) is 0.920. The molecule has 2 aromatic carbocycles. The lowest BCUT2D eigenvalue weighted by atomic mass is 10.1. The molecule has 0 saturated heterocycles. The summed E-state index contributed by atoms with van der Waals surface area (Å²) < 4.78 is 23.4. The molecule has 0 aromatic heterocycles. The molecule has 0 saturated carbocycles. The van der Waals surface area contributed by atoms with Crippen molar-refractivity contribution in [3.8, 4) is 17.6 Å². The highest BCUT2D eigenvalue weighted by Gasteiger charge is 2.17. The van der Waals surface area contributed by atoms with Gasteiger partial charge in [0, 0.05) is 5.56 Å². The number of anilines is 1. The first-order valence-corrected chi connectivity index (χ1v) is 6.08. The summed E-state index contributed by atoms with van der Waals surface area (Å²) in [7, 11) is 0. The second-order valence-corrected chi connectivity index (χ2v) is 4.32. The van der Waals surface area contributed by atoms with Gasteiger partial charge < -0.3 is 14.8 Å². The Morgan fingerprint density at radius 3 is 2.81 bits per heavy atom. The lowest BCUT2D eigenvalue weighted by Crippen LogP contribution is -2.12. The van der Waals surface area contributed by atoms with E-state index in [9.17, 15) is 9.18 Å². The van der Waals surface area contributed by atoms with E-state index >= 15 is 0 Å². The second-order valence-electron chi connectivity index (χ2n) is 4.32. The molecule has 3 rings (SSSR count). The predicted molar refractivity (Wildman–Crippen MR) is 71.6 cm³/mol. The number of fused-ring (bicyclic) bond motifs is 1. The number of ether oxygens (including phenoxy) is 2. The van der Waals surface area contributed by atoms with E-state index in [1.54, 1.807) is 18.2 Å².